The normalized spacial score (nSPS) is 12.1. The molecule has 4 rings (SSSR count). The quantitative estimate of drug-likeness (QED) is 0.426. The number of rotatable bonds is 1. The third kappa shape index (κ3) is 1.83. The van der Waals surface area contributed by atoms with Crippen LogP contribution in [-0.4, -0.2) is 0 Å². The van der Waals surface area contributed by atoms with Crippen molar-refractivity contribution in [1.82, 2.24) is 0 Å². The average Bonchev–Trinajstić information content (AvgIpc) is 2.92. The van der Waals surface area contributed by atoms with Gasteiger partial charge in [0.05, 0.1) is 0 Å². The van der Waals surface area contributed by atoms with Crippen LogP contribution in [0.5, 0.6) is 0 Å². The summed E-state index contributed by atoms with van der Waals surface area (Å²) in [4.78, 5) is 0. The van der Waals surface area contributed by atoms with E-state index in [1.165, 1.54) is 44.5 Å². The number of aryl methyl sites for hydroxylation is 1. The van der Waals surface area contributed by atoms with Crippen LogP contribution in [0.1, 0.15) is 22.3 Å². The van der Waals surface area contributed by atoms with Crippen LogP contribution in [-0.2, 0) is 6.42 Å². The molecule has 0 nitrogen and oxygen atoms in total. The first kappa shape index (κ1) is 12.4. The molecule has 0 bridgehead atoms. The van der Waals surface area contributed by atoms with Gasteiger partial charge in [0.1, 0.15) is 0 Å². The maximum atomic E-state index is 2.35. The van der Waals surface area contributed by atoms with Gasteiger partial charge in [-0.05, 0) is 64.8 Å². The number of hydrogen-bond donors (Lipinski definition) is 0. The van der Waals surface area contributed by atoms with Crippen molar-refractivity contribution in [3.05, 3.63) is 82.9 Å². The van der Waals surface area contributed by atoms with E-state index in [0.717, 1.165) is 6.42 Å². The van der Waals surface area contributed by atoms with E-state index in [1.807, 2.05) is 0 Å². The third-order valence-corrected chi connectivity index (χ3v) is 4.65. The summed E-state index contributed by atoms with van der Waals surface area (Å²) in [6.07, 6.45) is 1.07. The maximum absolute atomic E-state index is 2.35. The van der Waals surface area contributed by atoms with Crippen molar-refractivity contribution >= 4 is 0 Å². The second-order valence-corrected chi connectivity index (χ2v) is 5.92. The summed E-state index contributed by atoms with van der Waals surface area (Å²) in [6, 6.07) is 21.9. The van der Waals surface area contributed by atoms with Crippen molar-refractivity contribution in [2.75, 3.05) is 0 Å². The molecule has 21 heavy (non-hydrogen) atoms. The van der Waals surface area contributed by atoms with Gasteiger partial charge in [0.2, 0.25) is 0 Å². The summed E-state index contributed by atoms with van der Waals surface area (Å²) in [5.41, 5.74) is 11.4. The van der Waals surface area contributed by atoms with Gasteiger partial charge in [-0.25, -0.2) is 0 Å². The zero-order valence-corrected chi connectivity index (χ0v) is 12.5. The molecule has 0 N–H and O–H groups in total. The minimum atomic E-state index is 1.07. The van der Waals surface area contributed by atoms with Crippen molar-refractivity contribution in [1.29, 1.82) is 0 Å². The van der Waals surface area contributed by atoms with Gasteiger partial charge in [0.15, 0.2) is 0 Å². The van der Waals surface area contributed by atoms with Crippen molar-refractivity contribution < 1.29 is 0 Å². The summed E-state index contributed by atoms with van der Waals surface area (Å²) in [6.45, 7) is 4.51. The van der Waals surface area contributed by atoms with Crippen molar-refractivity contribution in [2.24, 2.45) is 0 Å². The van der Waals surface area contributed by atoms with Crippen LogP contribution in [0.4, 0.5) is 0 Å². The van der Waals surface area contributed by atoms with Crippen LogP contribution >= 0.6 is 0 Å². The second kappa shape index (κ2) is 4.60. The van der Waals surface area contributed by atoms with E-state index in [0.29, 0.717) is 0 Å². The average molecular weight is 270 g/mol. The highest BCUT2D eigenvalue weighted by atomic mass is 14.3. The summed E-state index contributed by atoms with van der Waals surface area (Å²) < 4.78 is 0. The molecule has 0 radical (unpaired) electrons. The van der Waals surface area contributed by atoms with Crippen LogP contribution in [0.15, 0.2) is 60.7 Å². The Balaban J connectivity index is 1.98. The molecule has 0 spiro atoms. The van der Waals surface area contributed by atoms with E-state index in [2.05, 4.69) is 74.5 Å². The molecular formula is C21H18. The lowest BCUT2D eigenvalue weighted by atomic mass is 9.90. The van der Waals surface area contributed by atoms with Gasteiger partial charge in [-0.3, -0.25) is 0 Å². The summed E-state index contributed by atoms with van der Waals surface area (Å²) >= 11 is 0. The predicted octanol–water partition coefficient (Wildman–Crippen LogP) is 5.54. The van der Waals surface area contributed by atoms with Crippen molar-refractivity contribution in [3.8, 4) is 22.3 Å². The highest BCUT2D eigenvalue weighted by Gasteiger charge is 2.23. The Morgan fingerprint density at radius 3 is 2.29 bits per heavy atom. The minimum absolute atomic E-state index is 1.07. The zero-order valence-electron chi connectivity index (χ0n) is 12.5. The van der Waals surface area contributed by atoms with Gasteiger partial charge in [-0.2, -0.15) is 0 Å². The van der Waals surface area contributed by atoms with Crippen LogP contribution in [0, 0.1) is 13.8 Å². The van der Waals surface area contributed by atoms with Crippen LogP contribution < -0.4 is 0 Å². The lowest BCUT2D eigenvalue weighted by molar-refractivity contribution is 1.21. The molecule has 1 aliphatic carbocycles. The number of hydrogen-bond acceptors (Lipinski definition) is 0. The van der Waals surface area contributed by atoms with Crippen LogP contribution in [0.25, 0.3) is 22.3 Å². The fraction of sp³-hybridized carbons (Fsp3) is 0.143. The lowest BCUT2D eigenvalue weighted by Gasteiger charge is -2.14. The van der Waals surface area contributed by atoms with Gasteiger partial charge in [0.25, 0.3) is 0 Å². The largest absolute Gasteiger partial charge is 0.0622 e. The monoisotopic (exact) mass is 270 g/mol. The summed E-state index contributed by atoms with van der Waals surface area (Å²) in [5, 5.41) is 0. The minimum Gasteiger partial charge on any atom is -0.0622 e. The highest BCUT2D eigenvalue weighted by molar-refractivity contribution is 5.85. The first-order valence-corrected chi connectivity index (χ1v) is 7.52. The standard InChI is InChI=1S/C21H18/c1-14-12-19(16-8-4-3-5-9-16)15(2)20-13-17-10-6-7-11-18(17)21(14)20/h3-12H,13H2,1-2H3. The summed E-state index contributed by atoms with van der Waals surface area (Å²) in [7, 11) is 0. The Morgan fingerprint density at radius 2 is 1.48 bits per heavy atom. The fourth-order valence-electron chi connectivity index (χ4n) is 3.61. The molecule has 3 aromatic carbocycles. The Morgan fingerprint density at radius 1 is 0.762 bits per heavy atom. The SMILES string of the molecule is Cc1cc(-c2ccccc2)c(C)c2c1-c1ccccc1C2. The van der Waals surface area contributed by atoms with Gasteiger partial charge in [-0.15, -0.1) is 0 Å². The van der Waals surface area contributed by atoms with Crippen LogP contribution in [0.3, 0.4) is 0 Å². The first-order chi connectivity index (χ1) is 10.3. The van der Waals surface area contributed by atoms with Gasteiger partial charge in [0, 0.05) is 0 Å². The first-order valence-electron chi connectivity index (χ1n) is 7.52. The molecule has 3 aromatic rings. The molecule has 0 aromatic heterocycles. The molecular weight excluding hydrogens is 252 g/mol. The molecule has 0 amide bonds. The second-order valence-electron chi connectivity index (χ2n) is 5.92. The Labute approximate surface area is 126 Å². The molecule has 0 heterocycles. The van der Waals surface area contributed by atoms with E-state index in [4.69, 9.17) is 0 Å². The van der Waals surface area contributed by atoms with E-state index in [9.17, 15) is 0 Å². The van der Waals surface area contributed by atoms with Crippen LogP contribution in [0.2, 0.25) is 0 Å². The molecule has 0 atom stereocenters. The molecule has 102 valence electrons. The lowest BCUT2D eigenvalue weighted by Crippen LogP contribution is -1.94. The smallest absolute Gasteiger partial charge is 0.00105 e. The van der Waals surface area contributed by atoms with Gasteiger partial charge in [-0.1, -0.05) is 60.7 Å². The van der Waals surface area contributed by atoms with E-state index < -0.39 is 0 Å². The molecule has 0 unspecified atom stereocenters. The topological polar surface area (TPSA) is 0 Å². The van der Waals surface area contributed by atoms with Gasteiger partial charge < -0.3 is 0 Å². The van der Waals surface area contributed by atoms with E-state index in [-0.39, 0.29) is 0 Å². The fourth-order valence-corrected chi connectivity index (χ4v) is 3.61. The van der Waals surface area contributed by atoms with Gasteiger partial charge >= 0.3 is 0 Å². The Kier molecular flexibility index (Phi) is 2.71. The van der Waals surface area contributed by atoms with Crippen molar-refractivity contribution in [3.63, 3.8) is 0 Å². The number of benzene rings is 3. The molecule has 0 fully saturated rings. The molecule has 0 saturated carbocycles. The molecule has 0 heteroatoms. The van der Waals surface area contributed by atoms with E-state index in [1.54, 1.807) is 0 Å². The Hall–Kier alpha value is -2.34. The van der Waals surface area contributed by atoms with E-state index >= 15 is 0 Å². The Bertz CT molecular complexity index is 826. The molecule has 1 aliphatic rings. The van der Waals surface area contributed by atoms with Crippen molar-refractivity contribution in [2.45, 2.75) is 20.3 Å². The molecule has 0 aliphatic heterocycles. The molecule has 0 saturated heterocycles. The zero-order chi connectivity index (χ0) is 14.4. The third-order valence-electron chi connectivity index (χ3n) is 4.65. The summed E-state index contributed by atoms with van der Waals surface area (Å²) in [5.74, 6) is 0. The maximum Gasteiger partial charge on any atom is -0.00105 e. The number of fused-ring (bicyclic) bond motifs is 3. The predicted molar refractivity (Wildman–Crippen MR) is 89.6 cm³/mol. The highest BCUT2D eigenvalue weighted by Crippen LogP contribution is 2.43.